The summed E-state index contributed by atoms with van der Waals surface area (Å²) in [6.45, 7) is 5.59. The largest absolute Gasteiger partial charge is 0.351 e. The highest BCUT2D eigenvalue weighted by Gasteiger charge is 2.22. The third kappa shape index (κ3) is 3.60. The highest BCUT2D eigenvalue weighted by atomic mass is 35.5. The van der Waals surface area contributed by atoms with Gasteiger partial charge in [-0.15, -0.1) is 0 Å². The molecule has 1 aromatic heterocycles. The molecule has 2 N–H and O–H groups in total. The standard InChI is InChI=1S/C22H20ClN5O/c1-14(27-21-18(24-2)12-25-13-26-21)19-11-15-7-6-10-17(23)20(15)22(29)28(19)16-8-4-3-5-9-16/h3-14,21,27H,2H2,1H3,(H,25,26)/t14-,21?/m0/s1. The maximum Gasteiger partial charge on any atom is 0.264 e. The second kappa shape index (κ2) is 8.03. The number of pyridine rings is 1. The predicted molar refractivity (Wildman–Crippen MR) is 119 cm³/mol. The van der Waals surface area contributed by atoms with Crippen LogP contribution in [0.1, 0.15) is 18.7 Å². The third-order valence-corrected chi connectivity index (χ3v) is 5.20. The lowest BCUT2D eigenvalue weighted by molar-refractivity contribution is 0.486. The van der Waals surface area contributed by atoms with E-state index in [1.54, 1.807) is 23.2 Å². The molecule has 7 heteroatoms. The summed E-state index contributed by atoms with van der Waals surface area (Å²) >= 11 is 6.37. The second-order valence-electron chi connectivity index (χ2n) is 6.71. The van der Waals surface area contributed by atoms with Gasteiger partial charge in [-0.2, -0.15) is 0 Å². The van der Waals surface area contributed by atoms with E-state index < -0.39 is 0 Å². The number of aromatic nitrogens is 1. The molecule has 2 heterocycles. The summed E-state index contributed by atoms with van der Waals surface area (Å²) in [7, 11) is 0. The third-order valence-electron chi connectivity index (χ3n) is 4.88. The van der Waals surface area contributed by atoms with Crippen LogP contribution in [0.15, 0.2) is 81.3 Å². The fraction of sp³-hybridized carbons (Fsp3) is 0.136. The van der Waals surface area contributed by atoms with Crippen LogP contribution in [0.5, 0.6) is 0 Å². The van der Waals surface area contributed by atoms with Gasteiger partial charge in [-0.3, -0.25) is 24.7 Å². The van der Waals surface area contributed by atoms with Gasteiger partial charge < -0.3 is 5.32 Å². The molecule has 0 amide bonds. The van der Waals surface area contributed by atoms with Crippen LogP contribution in [-0.4, -0.2) is 23.8 Å². The van der Waals surface area contributed by atoms with E-state index in [2.05, 4.69) is 27.3 Å². The molecule has 29 heavy (non-hydrogen) atoms. The number of hydrogen-bond donors (Lipinski definition) is 2. The average Bonchev–Trinajstić information content (AvgIpc) is 2.74. The van der Waals surface area contributed by atoms with Crippen LogP contribution in [0.25, 0.3) is 16.5 Å². The molecule has 0 saturated heterocycles. The first-order chi connectivity index (χ1) is 14.1. The molecular weight excluding hydrogens is 386 g/mol. The number of para-hydroxylation sites is 1. The molecule has 6 nitrogen and oxygen atoms in total. The Morgan fingerprint density at radius 1 is 1.24 bits per heavy atom. The van der Waals surface area contributed by atoms with Gasteiger partial charge in [-0.25, -0.2) is 0 Å². The van der Waals surface area contributed by atoms with Gasteiger partial charge in [0.25, 0.3) is 5.56 Å². The number of hydrogen-bond acceptors (Lipinski definition) is 5. The van der Waals surface area contributed by atoms with E-state index in [4.69, 9.17) is 11.6 Å². The Morgan fingerprint density at radius 2 is 2.03 bits per heavy atom. The summed E-state index contributed by atoms with van der Waals surface area (Å²) < 4.78 is 1.70. The summed E-state index contributed by atoms with van der Waals surface area (Å²) in [4.78, 5) is 21.9. The van der Waals surface area contributed by atoms with Crippen LogP contribution >= 0.6 is 11.6 Å². The van der Waals surface area contributed by atoms with Gasteiger partial charge in [0.15, 0.2) is 0 Å². The van der Waals surface area contributed by atoms with Crippen LogP contribution in [-0.2, 0) is 0 Å². The van der Waals surface area contributed by atoms with Crippen molar-refractivity contribution in [2.45, 2.75) is 19.1 Å². The lowest BCUT2D eigenvalue weighted by Gasteiger charge is -2.25. The number of nitrogens with one attached hydrogen (secondary N) is 2. The maximum absolute atomic E-state index is 13.5. The minimum absolute atomic E-state index is 0.158. The molecule has 0 aliphatic carbocycles. The first-order valence-corrected chi connectivity index (χ1v) is 9.58. The molecule has 0 saturated carbocycles. The van der Waals surface area contributed by atoms with Crippen molar-refractivity contribution in [1.82, 2.24) is 15.2 Å². The molecule has 1 unspecified atom stereocenters. The number of fused-ring (bicyclic) bond motifs is 1. The van der Waals surface area contributed by atoms with Gasteiger partial charge in [0.1, 0.15) is 6.17 Å². The molecule has 4 rings (SSSR count). The van der Waals surface area contributed by atoms with Gasteiger partial charge in [-0.1, -0.05) is 41.9 Å². The van der Waals surface area contributed by atoms with E-state index in [9.17, 15) is 4.79 Å². The SMILES string of the molecule is C=NC1=CNC=NC1N[C@@H](C)c1cc2cccc(Cl)c2c(=O)n1-c1ccccc1. The van der Waals surface area contributed by atoms with Crippen molar-refractivity contribution in [3.63, 3.8) is 0 Å². The molecule has 0 bridgehead atoms. The number of nitrogens with zero attached hydrogens (tertiary/aromatic N) is 3. The van der Waals surface area contributed by atoms with Crippen LogP contribution < -0.4 is 16.2 Å². The van der Waals surface area contributed by atoms with Gasteiger partial charge in [0, 0.05) is 23.6 Å². The topological polar surface area (TPSA) is 70.8 Å². The minimum Gasteiger partial charge on any atom is -0.351 e. The van der Waals surface area contributed by atoms with E-state index in [0.29, 0.717) is 16.1 Å². The maximum atomic E-state index is 13.5. The van der Waals surface area contributed by atoms with Crippen molar-refractivity contribution in [2.24, 2.45) is 9.98 Å². The summed E-state index contributed by atoms with van der Waals surface area (Å²) in [6.07, 6.45) is 2.98. The van der Waals surface area contributed by atoms with E-state index in [0.717, 1.165) is 16.8 Å². The minimum atomic E-state index is -0.363. The first-order valence-electron chi connectivity index (χ1n) is 9.20. The van der Waals surface area contributed by atoms with Gasteiger partial charge in [0.05, 0.1) is 22.4 Å². The van der Waals surface area contributed by atoms with E-state index in [1.807, 2.05) is 55.5 Å². The Kier molecular flexibility index (Phi) is 5.29. The van der Waals surface area contributed by atoms with Crippen molar-refractivity contribution >= 4 is 35.4 Å². The number of aliphatic imine (C=N–C) groups is 2. The number of rotatable bonds is 5. The van der Waals surface area contributed by atoms with Gasteiger partial charge in [0.2, 0.25) is 0 Å². The zero-order chi connectivity index (χ0) is 20.4. The van der Waals surface area contributed by atoms with Crippen molar-refractivity contribution in [2.75, 3.05) is 0 Å². The predicted octanol–water partition coefficient (Wildman–Crippen LogP) is 3.79. The van der Waals surface area contributed by atoms with E-state index in [-0.39, 0.29) is 17.8 Å². The summed E-state index contributed by atoms with van der Waals surface area (Å²) in [5, 5.41) is 8.06. The Labute approximate surface area is 173 Å². The molecule has 0 fully saturated rings. The fourth-order valence-corrected chi connectivity index (χ4v) is 3.74. The van der Waals surface area contributed by atoms with Gasteiger partial charge in [-0.05, 0) is 43.3 Å². The molecule has 146 valence electrons. The number of benzene rings is 2. The van der Waals surface area contributed by atoms with Crippen LogP contribution in [0.4, 0.5) is 0 Å². The highest BCUT2D eigenvalue weighted by molar-refractivity contribution is 6.35. The molecule has 2 atom stereocenters. The molecule has 0 spiro atoms. The van der Waals surface area contributed by atoms with E-state index >= 15 is 0 Å². The summed E-state index contributed by atoms with van der Waals surface area (Å²) in [6, 6.07) is 16.8. The van der Waals surface area contributed by atoms with Crippen LogP contribution in [0.3, 0.4) is 0 Å². The Bertz CT molecular complexity index is 1180. The molecule has 0 radical (unpaired) electrons. The van der Waals surface area contributed by atoms with Crippen molar-refractivity contribution < 1.29 is 0 Å². The quantitative estimate of drug-likeness (QED) is 0.634. The monoisotopic (exact) mass is 405 g/mol. The zero-order valence-corrected chi connectivity index (χ0v) is 16.6. The second-order valence-corrected chi connectivity index (χ2v) is 7.12. The lowest BCUT2D eigenvalue weighted by Crippen LogP contribution is -2.37. The molecule has 2 aromatic carbocycles. The van der Waals surface area contributed by atoms with Crippen LogP contribution in [0.2, 0.25) is 5.02 Å². The Hall–Kier alpha value is -3.22. The van der Waals surface area contributed by atoms with Crippen molar-refractivity contribution in [1.29, 1.82) is 0 Å². The van der Waals surface area contributed by atoms with Crippen molar-refractivity contribution in [3.05, 3.63) is 87.6 Å². The summed E-state index contributed by atoms with van der Waals surface area (Å²) in [5.41, 5.74) is 2.09. The van der Waals surface area contributed by atoms with Crippen LogP contribution in [0, 0.1) is 0 Å². The van der Waals surface area contributed by atoms with Crippen molar-refractivity contribution in [3.8, 4) is 5.69 Å². The number of halogens is 1. The zero-order valence-electron chi connectivity index (χ0n) is 15.8. The summed E-state index contributed by atoms with van der Waals surface area (Å²) in [5.74, 6) is 0. The van der Waals surface area contributed by atoms with Gasteiger partial charge >= 0.3 is 0 Å². The molecule has 3 aromatic rings. The highest BCUT2D eigenvalue weighted by Crippen LogP contribution is 2.26. The molecular formula is C22H20ClN5O. The molecule has 1 aliphatic heterocycles. The fourth-order valence-electron chi connectivity index (χ4n) is 3.48. The smallest absolute Gasteiger partial charge is 0.264 e. The first kappa shape index (κ1) is 19.1. The molecule has 1 aliphatic rings. The van der Waals surface area contributed by atoms with E-state index in [1.165, 1.54) is 0 Å². The Balaban J connectivity index is 1.88. The Morgan fingerprint density at radius 3 is 2.79 bits per heavy atom. The average molecular weight is 406 g/mol. The lowest BCUT2D eigenvalue weighted by atomic mass is 10.1. The normalized spacial score (nSPS) is 16.9.